The molecule has 0 radical (unpaired) electrons. The van der Waals surface area contributed by atoms with Crippen LogP contribution in [0.2, 0.25) is 0 Å². The van der Waals surface area contributed by atoms with Gasteiger partial charge in [-0.2, -0.15) is 0 Å². The van der Waals surface area contributed by atoms with Gasteiger partial charge in [-0.05, 0) is 89.0 Å². The Morgan fingerprint density at radius 1 is 0.370 bits per heavy atom. The zero-order chi connectivity index (χ0) is 30.7. The average Bonchev–Trinajstić information content (AvgIpc) is 3.53. The van der Waals surface area contributed by atoms with Crippen molar-refractivity contribution in [3.8, 4) is 39.3 Å². The quantitative estimate of drug-likeness (QED) is 0.184. The highest BCUT2D eigenvalue weighted by Gasteiger charge is 2.15. The van der Waals surface area contributed by atoms with Crippen LogP contribution in [0.3, 0.4) is 0 Å². The number of para-hydroxylation sites is 5. The molecular formula is C43H31N3. The lowest BCUT2D eigenvalue weighted by Crippen LogP contribution is -2.09. The SMILES string of the molecule is c1ccc(N(c2ccccc2)c2ccc(-c3ccc(-c4cccc(-c5nc6ccccc6n5-c5ccccc5)c4)cc3)cc2)cc1. The van der Waals surface area contributed by atoms with Crippen molar-refractivity contribution in [1.82, 2.24) is 9.55 Å². The molecule has 218 valence electrons. The summed E-state index contributed by atoms with van der Waals surface area (Å²) in [6.07, 6.45) is 0. The number of benzene rings is 7. The van der Waals surface area contributed by atoms with Gasteiger partial charge in [0, 0.05) is 28.3 Å². The minimum Gasteiger partial charge on any atom is -0.311 e. The molecule has 0 aliphatic heterocycles. The number of nitrogens with zero attached hydrogens (tertiary/aromatic N) is 3. The first kappa shape index (κ1) is 27.4. The van der Waals surface area contributed by atoms with Gasteiger partial charge in [0.15, 0.2) is 0 Å². The van der Waals surface area contributed by atoms with Gasteiger partial charge in [0.1, 0.15) is 5.82 Å². The van der Waals surface area contributed by atoms with Gasteiger partial charge in [-0.3, -0.25) is 4.57 Å². The summed E-state index contributed by atoms with van der Waals surface area (Å²) in [5.41, 5.74) is 12.3. The molecule has 0 unspecified atom stereocenters. The number of rotatable bonds is 7. The van der Waals surface area contributed by atoms with E-state index in [4.69, 9.17) is 4.98 Å². The Balaban J connectivity index is 1.10. The van der Waals surface area contributed by atoms with Crippen molar-refractivity contribution in [1.29, 1.82) is 0 Å². The van der Waals surface area contributed by atoms with Crippen LogP contribution in [-0.4, -0.2) is 9.55 Å². The Bertz CT molecular complexity index is 2180. The Kier molecular flexibility index (Phi) is 7.18. The van der Waals surface area contributed by atoms with Crippen LogP contribution < -0.4 is 4.90 Å². The molecule has 7 aromatic carbocycles. The molecule has 0 amide bonds. The van der Waals surface area contributed by atoms with Crippen molar-refractivity contribution in [3.05, 3.63) is 188 Å². The van der Waals surface area contributed by atoms with Crippen LogP contribution in [0.15, 0.2) is 188 Å². The fourth-order valence-corrected chi connectivity index (χ4v) is 6.16. The van der Waals surface area contributed by atoms with Gasteiger partial charge >= 0.3 is 0 Å². The first-order valence-corrected chi connectivity index (χ1v) is 15.6. The van der Waals surface area contributed by atoms with E-state index < -0.39 is 0 Å². The molecule has 3 heteroatoms. The lowest BCUT2D eigenvalue weighted by molar-refractivity contribution is 1.10. The van der Waals surface area contributed by atoms with E-state index in [2.05, 4.69) is 185 Å². The molecule has 46 heavy (non-hydrogen) atoms. The number of fused-ring (bicyclic) bond motifs is 1. The van der Waals surface area contributed by atoms with E-state index in [0.717, 1.165) is 50.7 Å². The highest BCUT2D eigenvalue weighted by atomic mass is 15.1. The van der Waals surface area contributed by atoms with Gasteiger partial charge < -0.3 is 4.90 Å². The van der Waals surface area contributed by atoms with Crippen molar-refractivity contribution >= 4 is 28.1 Å². The second kappa shape index (κ2) is 12.1. The molecule has 8 rings (SSSR count). The summed E-state index contributed by atoms with van der Waals surface area (Å²) in [4.78, 5) is 7.35. The predicted molar refractivity (Wildman–Crippen MR) is 192 cm³/mol. The third-order valence-corrected chi connectivity index (χ3v) is 8.40. The molecule has 8 aromatic rings. The molecule has 0 spiro atoms. The first-order chi connectivity index (χ1) is 22.8. The third-order valence-electron chi connectivity index (χ3n) is 8.40. The van der Waals surface area contributed by atoms with Gasteiger partial charge in [0.05, 0.1) is 11.0 Å². The molecule has 1 heterocycles. The smallest absolute Gasteiger partial charge is 0.145 e. The summed E-state index contributed by atoms with van der Waals surface area (Å²) >= 11 is 0. The molecule has 0 atom stereocenters. The van der Waals surface area contributed by atoms with E-state index in [-0.39, 0.29) is 0 Å². The predicted octanol–water partition coefficient (Wildman–Crippen LogP) is 11.5. The third kappa shape index (κ3) is 5.25. The standard InChI is InChI=1S/C43H31N3/c1-4-15-37(16-5-1)45(38-17-6-2-7-18-38)40-29-27-33(28-30-40)32-23-25-34(26-24-32)35-13-12-14-36(31-35)43-44-41-21-10-11-22-42(41)46(43)39-19-8-3-9-20-39/h1-31H. The Hall–Kier alpha value is -6.19. The van der Waals surface area contributed by atoms with Crippen LogP contribution >= 0.6 is 0 Å². The first-order valence-electron chi connectivity index (χ1n) is 15.6. The minimum absolute atomic E-state index is 0.936. The number of hydrogen-bond acceptors (Lipinski definition) is 2. The van der Waals surface area contributed by atoms with Crippen molar-refractivity contribution in [3.63, 3.8) is 0 Å². The summed E-state index contributed by atoms with van der Waals surface area (Å²) in [6.45, 7) is 0. The normalized spacial score (nSPS) is 11.0. The monoisotopic (exact) mass is 589 g/mol. The van der Waals surface area contributed by atoms with E-state index in [0.29, 0.717) is 0 Å². The number of hydrogen-bond donors (Lipinski definition) is 0. The van der Waals surface area contributed by atoms with Crippen molar-refractivity contribution in [2.75, 3.05) is 4.90 Å². The van der Waals surface area contributed by atoms with E-state index in [1.54, 1.807) is 0 Å². The topological polar surface area (TPSA) is 21.1 Å². The maximum absolute atomic E-state index is 5.07. The number of aromatic nitrogens is 2. The van der Waals surface area contributed by atoms with Gasteiger partial charge in [0.25, 0.3) is 0 Å². The minimum atomic E-state index is 0.936. The Morgan fingerprint density at radius 3 is 1.48 bits per heavy atom. The van der Waals surface area contributed by atoms with E-state index in [1.807, 2.05) is 12.1 Å². The molecule has 0 N–H and O–H groups in total. The van der Waals surface area contributed by atoms with Gasteiger partial charge in [-0.1, -0.05) is 121 Å². The highest BCUT2D eigenvalue weighted by Crippen LogP contribution is 2.36. The zero-order valence-electron chi connectivity index (χ0n) is 25.2. The van der Waals surface area contributed by atoms with E-state index in [1.165, 1.54) is 16.7 Å². The summed E-state index contributed by atoms with van der Waals surface area (Å²) in [7, 11) is 0. The lowest BCUT2D eigenvalue weighted by atomic mass is 9.98. The zero-order valence-corrected chi connectivity index (χ0v) is 25.2. The second-order valence-corrected chi connectivity index (χ2v) is 11.3. The average molecular weight is 590 g/mol. The maximum Gasteiger partial charge on any atom is 0.145 e. The van der Waals surface area contributed by atoms with Crippen LogP contribution in [0, 0.1) is 0 Å². The fraction of sp³-hybridized carbons (Fsp3) is 0. The molecule has 0 bridgehead atoms. The number of anilines is 3. The van der Waals surface area contributed by atoms with Crippen molar-refractivity contribution < 1.29 is 0 Å². The Morgan fingerprint density at radius 2 is 0.848 bits per heavy atom. The van der Waals surface area contributed by atoms with Crippen LogP contribution in [0.25, 0.3) is 50.4 Å². The summed E-state index contributed by atoms with van der Waals surface area (Å²) in [5.74, 6) is 0.936. The van der Waals surface area contributed by atoms with Crippen LogP contribution in [0.4, 0.5) is 17.1 Å². The lowest BCUT2D eigenvalue weighted by Gasteiger charge is -2.25. The van der Waals surface area contributed by atoms with Crippen molar-refractivity contribution in [2.24, 2.45) is 0 Å². The molecule has 3 nitrogen and oxygen atoms in total. The second-order valence-electron chi connectivity index (χ2n) is 11.3. The van der Waals surface area contributed by atoms with Gasteiger partial charge in [0.2, 0.25) is 0 Å². The van der Waals surface area contributed by atoms with Gasteiger partial charge in [-0.15, -0.1) is 0 Å². The van der Waals surface area contributed by atoms with Gasteiger partial charge in [-0.25, -0.2) is 4.98 Å². The fourth-order valence-electron chi connectivity index (χ4n) is 6.16. The largest absolute Gasteiger partial charge is 0.311 e. The summed E-state index contributed by atoms with van der Waals surface area (Å²) in [5, 5.41) is 0. The highest BCUT2D eigenvalue weighted by molar-refractivity contribution is 5.84. The maximum atomic E-state index is 5.07. The van der Waals surface area contributed by atoms with Crippen molar-refractivity contribution in [2.45, 2.75) is 0 Å². The summed E-state index contributed by atoms with van der Waals surface area (Å²) < 4.78 is 2.25. The van der Waals surface area contributed by atoms with E-state index in [9.17, 15) is 0 Å². The molecule has 0 aliphatic carbocycles. The molecule has 0 aliphatic rings. The van der Waals surface area contributed by atoms with Crippen LogP contribution in [-0.2, 0) is 0 Å². The molecule has 0 saturated heterocycles. The molecule has 0 fully saturated rings. The molecule has 1 aromatic heterocycles. The van der Waals surface area contributed by atoms with Crippen LogP contribution in [0.5, 0.6) is 0 Å². The summed E-state index contributed by atoms with van der Waals surface area (Å²) in [6, 6.07) is 66.1. The molecular weight excluding hydrogens is 558 g/mol. The molecule has 0 saturated carbocycles. The van der Waals surface area contributed by atoms with Crippen LogP contribution in [0.1, 0.15) is 0 Å². The van der Waals surface area contributed by atoms with E-state index >= 15 is 0 Å². The Labute approximate surface area is 269 Å². The number of imidazole rings is 1.